The number of hydrazine groups is 1. The van der Waals surface area contributed by atoms with Gasteiger partial charge in [0.2, 0.25) is 12.2 Å². The number of carbonyl (C=O) groups excluding carboxylic acids is 2. The van der Waals surface area contributed by atoms with E-state index in [0.717, 1.165) is 27.3 Å². The first-order valence-electron chi connectivity index (χ1n) is 17.0. The summed E-state index contributed by atoms with van der Waals surface area (Å²) in [5.74, 6) is 5.60. The lowest BCUT2D eigenvalue weighted by Gasteiger charge is -2.35. The molecule has 4 aromatic rings. The van der Waals surface area contributed by atoms with Gasteiger partial charge in [0.25, 0.3) is 5.91 Å². The molecule has 1 aliphatic carbocycles. The molecule has 0 aromatic heterocycles. The van der Waals surface area contributed by atoms with Crippen molar-refractivity contribution >= 4 is 46.8 Å². The SMILES string of the molecule is N#C/N=C(\NCC(C(N)c1ccc(Cl)c(Cl)c1)N(N)C(=O)[C@H]1CCCN1C(=O)OCC1c2ccccc2-c2ccccc21)Nc1cccc(OC(F)F)c1. The second-order valence-corrected chi connectivity index (χ2v) is 13.5. The van der Waals surface area contributed by atoms with Crippen molar-refractivity contribution in [1.82, 2.24) is 15.2 Å². The Kier molecular flexibility index (Phi) is 12.1. The minimum atomic E-state index is -3.04. The zero-order chi connectivity index (χ0) is 38.4. The Balaban J connectivity index is 1.18. The van der Waals surface area contributed by atoms with Gasteiger partial charge < -0.3 is 25.8 Å². The molecule has 0 radical (unpaired) electrons. The number of nitriles is 1. The zero-order valence-corrected chi connectivity index (χ0v) is 30.2. The molecule has 4 aromatic carbocycles. The fourth-order valence-corrected chi connectivity index (χ4v) is 7.15. The molecule has 1 fully saturated rings. The molecule has 16 heteroatoms. The van der Waals surface area contributed by atoms with Crippen LogP contribution >= 0.6 is 23.2 Å². The average Bonchev–Trinajstić information content (AvgIpc) is 3.78. The molecule has 1 saturated heterocycles. The number of anilines is 1. The van der Waals surface area contributed by atoms with Gasteiger partial charge in [0, 0.05) is 30.8 Å². The van der Waals surface area contributed by atoms with Crippen LogP contribution in [0.4, 0.5) is 19.3 Å². The molecule has 1 heterocycles. The highest BCUT2D eigenvalue weighted by Gasteiger charge is 2.41. The molecule has 1 aliphatic heterocycles. The van der Waals surface area contributed by atoms with Crippen molar-refractivity contribution in [3.05, 3.63) is 118 Å². The van der Waals surface area contributed by atoms with Gasteiger partial charge in [-0.15, -0.1) is 4.99 Å². The first-order valence-corrected chi connectivity index (χ1v) is 17.7. The summed E-state index contributed by atoms with van der Waals surface area (Å²) in [5, 5.41) is 16.7. The highest BCUT2D eigenvalue weighted by molar-refractivity contribution is 6.42. The van der Waals surface area contributed by atoms with Gasteiger partial charge in [-0.3, -0.25) is 14.7 Å². The Bertz CT molecular complexity index is 2040. The van der Waals surface area contributed by atoms with Crippen LogP contribution in [0.2, 0.25) is 10.0 Å². The minimum absolute atomic E-state index is 0.0799. The van der Waals surface area contributed by atoms with Crippen LogP contribution in [0.3, 0.4) is 0 Å². The third-order valence-corrected chi connectivity index (χ3v) is 10.2. The molecule has 12 nitrogen and oxygen atoms in total. The number of rotatable bonds is 11. The van der Waals surface area contributed by atoms with Crippen molar-refractivity contribution in [3.8, 4) is 23.1 Å². The number of aliphatic imine (C=N–C) groups is 1. The summed E-state index contributed by atoms with van der Waals surface area (Å²) in [6, 6.07) is 23.4. The van der Waals surface area contributed by atoms with Crippen LogP contribution in [0.15, 0.2) is 96.0 Å². The standard InChI is InChI=1S/C38H36Cl2F2N8O4/c39-30-15-14-22(17-31(30)40)34(44)33(19-46-37(47-21-43)48-23-7-5-8-24(18-23)54-36(41)42)50(45)35(51)32-13-6-16-49(32)38(52)53-20-29-27-11-3-1-9-25(27)26-10-2-4-12-28(26)29/h1-5,7-12,14-15,17-18,29,32-34,36H,6,13,16,19-20,44-45H2,(H2,46,47,48)/t32-,33?,34?/m1/s1. The number of nitrogens with two attached hydrogens (primary N) is 2. The lowest BCUT2D eigenvalue weighted by atomic mass is 9.98. The van der Waals surface area contributed by atoms with E-state index in [2.05, 4.69) is 20.4 Å². The average molecular weight is 778 g/mol. The fraction of sp³-hybridized carbons (Fsp3) is 0.263. The van der Waals surface area contributed by atoms with E-state index in [-0.39, 0.29) is 48.0 Å². The first-order chi connectivity index (χ1) is 26.0. The first kappa shape index (κ1) is 38.3. The summed E-state index contributed by atoms with van der Waals surface area (Å²) in [7, 11) is 0. The van der Waals surface area contributed by atoms with Crippen LogP contribution in [0.5, 0.6) is 5.75 Å². The quantitative estimate of drug-likeness (QED) is 0.0327. The van der Waals surface area contributed by atoms with Crippen LogP contribution in [0.1, 0.15) is 41.5 Å². The third kappa shape index (κ3) is 8.50. The van der Waals surface area contributed by atoms with E-state index >= 15 is 0 Å². The number of nitrogens with one attached hydrogen (secondary N) is 2. The largest absolute Gasteiger partial charge is 0.448 e. The van der Waals surface area contributed by atoms with Gasteiger partial charge in [0.05, 0.1) is 22.1 Å². The van der Waals surface area contributed by atoms with Crippen LogP contribution in [0, 0.1) is 11.5 Å². The molecule has 2 unspecified atom stereocenters. The number of halogens is 4. The predicted molar refractivity (Wildman–Crippen MR) is 201 cm³/mol. The van der Waals surface area contributed by atoms with E-state index in [9.17, 15) is 23.6 Å². The Hall–Kier alpha value is -5.46. The lowest BCUT2D eigenvalue weighted by Crippen LogP contribution is -2.60. The van der Waals surface area contributed by atoms with Crippen LogP contribution < -0.4 is 26.9 Å². The molecule has 54 heavy (non-hydrogen) atoms. The van der Waals surface area contributed by atoms with Gasteiger partial charge in [-0.1, -0.05) is 83.9 Å². The molecule has 0 bridgehead atoms. The molecule has 0 spiro atoms. The van der Waals surface area contributed by atoms with E-state index in [4.69, 9.17) is 39.5 Å². The van der Waals surface area contributed by atoms with Gasteiger partial charge in [0.1, 0.15) is 18.4 Å². The molecule has 3 atom stereocenters. The maximum absolute atomic E-state index is 14.2. The third-order valence-electron chi connectivity index (χ3n) is 9.43. The molecular formula is C38H36Cl2F2N8O4. The van der Waals surface area contributed by atoms with Crippen molar-refractivity contribution in [2.45, 2.75) is 43.5 Å². The molecule has 6 N–H and O–H groups in total. The number of hydrogen-bond donors (Lipinski definition) is 4. The van der Waals surface area contributed by atoms with Gasteiger partial charge in [-0.25, -0.2) is 10.6 Å². The van der Waals surface area contributed by atoms with E-state index in [1.54, 1.807) is 30.5 Å². The van der Waals surface area contributed by atoms with Crippen LogP contribution in [-0.2, 0) is 9.53 Å². The van der Waals surface area contributed by atoms with Crippen molar-refractivity contribution in [2.75, 3.05) is 25.0 Å². The fourth-order valence-electron chi connectivity index (χ4n) is 6.84. The summed E-state index contributed by atoms with van der Waals surface area (Å²) in [4.78, 5) is 32.9. The highest BCUT2D eigenvalue weighted by atomic mass is 35.5. The number of nitrogens with zero attached hydrogens (tertiary/aromatic N) is 4. The summed E-state index contributed by atoms with van der Waals surface area (Å²) < 4.78 is 36.0. The summed E-state index contributed by atoms with van der Waals surface area (Å²) in [6.45, 7) is -2.85. The van der Waals surface area contributed by atoms with Gasteiger partial charge in [0.15, 0.2) is 0 Å². The number of fused-ring (bicyclic) bond motifs is 3. The number of likely N-dealkylation sites (tertiary alicyclic amines) is 1. The Morgan fingerprint density at radius 3 is 2.37 bits per heavy atom. The topological polar surface area (TPSA) is 171 Å². The zero-order valence-electron chi connectivity index (χ0n) is 28.7. The monoisotopic (exact) mass is 776 g/mol. The Morgan fingerprint density at radius 1 is 1.00 bits per heavy atom. The molecular weight excluding hydrogens is 741 g/mol. The van der Waals surface area contributed by atoms with Gasteiger partial charge in [-0.05, 0) is 64.9 Å². The second-order valence-electron chi connectivity index (χ2n) is 12.6. The number of carbonyl (C=O) groups is 2. The Labute approximate surface area is 320 Å². The smallest absolute Gasteiger partial charge is 0.410 e. The van der Waals surface area contributed by atoms with Gasteiger partial charge >= 0.3 is 12.7 Å². The van der Waals surface area contributed by atoms with Gasteiger partial charge in [-0.2, -0.15) is 14.0 Å². The minimum Gasteiger partial charge on any atom is -0.448 e. The van der Waals surface area contributed by atoms with Crippen LogP contribution in [-0.4, -0.2) is 66.3 Å². The normalized spacial score (nSPS) is 16.2. The summed E-state index contributed by atoms with van der Waals surface area (Å²) >= 11 is 12.5. The van der Waals surface area contributed by atoms with E-state index in [1.807, 2.05) is 48.5 Å². The molecule has 0 saturated carbocycles. The van der Waals surface area contributed by atoms with Crippen molar-refractivity contribution < 1.29 is 27.8 Å². The predicted octanol–water partition coefficient (Wildman–Crippen LogP) is 6.62. The number of amides is 2. The van der Waals surface area contributed by atoms with E-state index < -0.39 is 36.7 Å². The summed E-state index contributed by atoms with van der Waals surface area (Å²) in [5.41, 5.74) is 11.8. The number of hydrogen-bond acceptors (Lipinski definition) is 8. The highest BCUT2D eigenvalue weighted by Crippen LogP contribution is 2.44. The number of benzene rings is 4. The molecule has 280 valence electrons. The number of ether oxygens (including phenoxy) is 2. The molecule has 2 amide bonds. The summed E-state index contributed by atoms with van der Waals surface area (Å²) in [6.07, 6.45) is 1.89. The Morgan fingerprint density at radius 2 is 1.70 bits per heavy atom. The second kappa shape index (κ2) is 17.1. The number of guanidine groups is 1. The lowest BCUT2D eigenvalue weighted by molar-refractivity contribution is -0.138. The maximum atomic E-state index is 14.2. The number of alkyl halides is 2. The van der Waals surface area contributed by atoms with Crippen LogP contribution in [0.25, 0.3) is 11.1 Å². The van der Waals surface area contributed by atoms with Crippen molar-refractivity contribution in [3.63, 3.8) is 0 Å². The molecule has 2 aliphatic rings. The van der Waals surface area contributed by atoms with E-state index in [0.29, 0.717) is 23.4 Å². The van der Waals surface area contributed by atoms with E-state index in [1.165, 1.54) is 23.1 Å². The van der Waals surface area contributed by atoms with Crippen molar-refractivity contribution in [2.24, 2.45) is 16.6 Å². The van der Waals surface area contributed by atoms with Crippen molar-refractivity contribution in [1.29, 1.82) is 5.26 Å². The molecule has 6 rings (SSSR count). The maximum Gasteiger partial charge on any atom is 0.410 e.